The normalized spacial score (nSPS) is 25.4. The Hall–Kier alpha value is -0.260. The number of thioether (sulfide) groups is 1. The molecule has 0 spiro atoms. The number of rotatable bonds is 6. The molecule has 0 radical (unpaired) electrons. The zero-order chi connectivity index (χ0) is 11.8. The Balaban J connectivity index is 2.12. The van der Waals surface area contributed by atoms with Crippen molar-refractivity contribution in [3.63, 3.8) is 0 Å². The Morgan fingerprint density at radius 2 is 2.25 bits per heavy atom. The monoisotopic (exact) mass is 247 g/mol. The van der Waals surface area contributed by atoms with E-state index >= 15 is 0 Å². The van der Waals surface area contributed by atoms with Crippen molar-refractivity contribution in [3.8, 4) is 0 Å². The van der Waals surface area contributed by atoms with Crippen LogP contribution in [0.2, 0.25) is 0 Å². The van der Waals surface area contributed by atoms with Crippen molar-refractivity contribution >= 4 is 17.7 Å². The van der Waals surface area contributed by atoms with E-state index in [4.69, 9.17) is 4.74 Å². The second kappa shape index (κ2) is 7.92. The van der Waals surface area contributed by atoms with E-state index < -0.39 is 0 Å². The first kappa shape index (κ1) is 13.8. The lowest BCUT2D eigenvalue weighted by Crippen LogP contribution is -2.45. The van der Waals surface area contributed by atoms with Crippen LogP contribution in [0.1, 0.15) is 25.7 Å². The molecule has 16 heavy (non-hydrogen) atoms. The summed E-state index contributed by atoms with van der Waals surface area (Å²) in [6, 6.07) is -0.0377. The standard InChI is InChI=1S/C11H21NO3S/c1-15-6-7-16-8-11(14)12-9-4-2-3-5-10(9)13/h9-10,13H,2-8H2,1H3,(H,12,14). The summed E-state index contributed by atoms with van der Waals surface area (Å²) in [5.74, 6) is 1.30. The molecule has 1 saturated carbocycles. The molecule has 4 nitrogen and oxygen atoms in total. The summed E-state index contributed by atoms with van der Waals surface area (Å²) in [7, 11) is 1.65. The number of amides is 1. The van der Waals surface area contributed by atoms with E-state index in [-0.39, 0.29) is 18.1 Å². The van der Waals surface area contributed by atoms with Gasteiger partial charge in [0.2, 0.25) is 5.91 Å². The zero-order valence-electron chi connectivity index (χ0n) is 9.78. The lowest BCUT2D eigenvalue weighted by molar-refractivity contribution is -0.120. The number of aliphatic hydroxyl groups excluding tert-OH is 1. The third-order valence-electron chi connectivity index (χ3n) is 2.74. The number of hydrogen-bond donors (Lipinski definition) is 2. The van der Waals surface area contributed by atoms with Gasteiger partial charge in [0.15, 0.2) is 0 Å². The average Bonchev–Trinajstić information content (AvgIpc) is 2.28. The number of ether oxygens (including phenoxy) is 1. The zero-order valence-corrected chi connectivity index (χ0v) is 10.6. The molecule has 0 aromatic rings. The summed E-state index contributed by atoms with van der Waals surface area (Å²) in [4.78, 5) is 11.5. The molecule has 1 rings (SSSR count). The molecule has 1 aliphatic carbocycles. The SMILES string of the molecule is COCCSCC(=O)NC1CCCCC1O. The van der Waals surface area contributed by atoms with Crippen LogP contribution >= 0.6 is 11.8 Å². The lowest BCUT2D eigenvalue weighted by atomic mass is 9.93. The Morgan fingerprint density at radius 1 is 1.50 bits per heavy atom. The quantitative estimate of drug-likeness (QED) is 0.681. The van der Waals surface area contributed by atoms with Gasteiger partial charge < -0.3 is 15.2 Å². The molecule has 0 aromatic carbocycles. The van der Waals surface area contributed by atoms with Crippen molar-refractivity contribution in [1.82, 2.24) is 5.32 Å². The molecule has 0 heterocycles. The van der Waals surface area contributed by atoms with Crippen molar-refractivity contribution in [2.45, 2.75) is 37.8 Å². The van der Waals surface area contributed by atoms with Crippen LogP contribution in [0.5, 0.6) is 0 Å². The summed E-state index contributed by atoms with van der Waals surface area (Å²) in [5.41, 5.74) is 0. The summed E-state index contributed by atoms with van der Waals surface area (Å²) in [5, 5.41) is 12.6. The second-order valence-electron chi connectivity index (χ2n) is 4.07. The highest BCUT2D eigenvalue weighted by atomic mass is 32.2. The first-order valence-corrected chi connectivity index (χ1v) is 6.93. The molecular weight excluding hydrogens is 226 g/mol. The maximum Gasteiger partial charge on any atom is 0.230 e. The van der Waals surface area contributed by atoms with Gasteiger partial charge in [0.05, 0.1) is 24.5 Å². The summed E-state index contributed by atoms with van der Waals surface area (Å²) in [6.07, 6.45) is 3.51. The fourth-order valence-corrected chi connectivity index (χ4v) is 2.53. The highest BCUT2D eigenvalue weighted by Crippen LogP contribution is 2.18. The van der Waals surface area contributed by atoms with Crippen molar-refractivity contribution in [2.24, 2.45) is 0 Å². The van der Waals surface area contributed by atoms with Gasteiger partial charge in [0.25, 0.3) is 0 Å². The first-order chi connectivity index (χ1) is 7.74. The first-order valence-electron chi connectivity index (χ1n) is 5.78. The van der Waals surface area contributed by atoms with Crippen LogP contribution in [0.4, 0.5) is 0 Å². The average molecular weight is 247 g/mol. The van der Waals surface area contributed by atoms with E-state index in [2.05, 4.69) is 5.32 Å². The number of aliphatic hydroxyl groups is 1. The molecule has 2 N–H and O–H groups in total. The molecule has 5 heteroatoms. The highest BCUT2D eigenvalue weighted by molar-refractivity contribution is 7.99. The van der Waals surface area contributed by atoms with Crippen LogP contribution in [0.3, 0.4) is 0 Å². The van der Waals surface area contributed by atoms with E-state index in [1.807, 2.05) is 0 Å². The number of hydrogen-bond acceptors (Lipinski definition) is 4. The molecule has 0 aliphatic heterocycles. The van der Waals surface area contributed by atoms with Crippen LogP contribution in [0.15, 0.2) is 0 Å². The maximum absolute atomic E-state index is 11.5. The Kier molecular flexibility index (Phi) is 6.84. The third kappa shape index (κ3) is 5.18. The molecule has 0 aromatic heterocycles. The van der Waals surface area contributed by atoms with Gasteiger partial charge in [-0.2, -0.15) is 0 Å². The predicted octanol–water partition coefficient (Wildman–Crippen LogP) is 0.786. The molecule has 2 atom stereocenters. The molecule has 0 bridgehead atoms. The van der Waals surface area contributed by atoms with Gasteiger partial charge in [0.1, 0.15) is 0 Å². The van der Waals surface area contributed by atoms with Crippen molar-refractivity contribution in [1.29, 1.82) is 0 Å². The molecule has 0 saturated heterocycles. The summed E-state index contributed by atoms with van der Waals surface area (Å²) >= 11 is 1.56. The Labute approximate surface area is 101 Å². The van der Waals surface area contributed by atoms with Crippen molar-refractivity contribution in [3.05, 3.63) is 0 Å². The van der Waals surface area contributed by atoms with Gasteiger partial charge >= 0.3 is 0 Å². The van der Waals surface area contributed by atoms with Crippen LogP contribution in [-0.4, -0.2) is 48.4 Å². The predicted molar refractivity (Wildman–Crippen MR) is 65.6 cm³/mol. The van der Waals surface area contributed by atoms with Crippen LogP contribution in [0.25, 0.3) is 0 Å². The minimum Gasteiger partial charge on any atom is -0.391 e. The lowest BCUT2D eigenvalue weighted by Gasteiger charge is -2.28. The van der Waals surface area contributed by atoms with Crippen molar-refractivity contribution in [2.75, 3.05) is 25.2 Å². The fraction of sp³-hybridized carbons (Fsp3) is 0.909. The van der Waals surface area contributed by atoms with Gasteiger partial charge in [-0.3, -0.25) is 4.79 Å². The maximum atomic E-state index is 11.5. The van der Waals surface area contributed by atoms with Gasteiger partial charge in [-0.05, 0) is 12.8 Å². The topological polar surface area (TPSA) is 58.6 Å². The molecule has 1 aliphatic rings. The van der Waals surface area contributed by atoms with Crippen molar-refractivity contribution < 1.29 is 14.6 Å². The largest absolute Gasteiger partial charge is 0.391 e. The van der Waals surface area contributed by atoms with E-state index in [0.29, 0.717) is 12.4 Å². The van der Waals surface area contributed by atoms with Gasteiger partial charge in [-0.25, -0.2) is 0 Å². The van der Waals surface area contributed by atoms with Gasteiger partial charge in [-0.15, -0.1) is 11.8 Å². The minimum absolute atomic E-state index is 0.0204. The fourth-order valence-electron chi connectivity index (χ4n) is 1.84. The molecular formula is C11H21NO3S. The Bertz CT molecular complexity index is 213. The number of methoxy groups -OCH3 is 1. The molecule has 1 fully saturated rings. The van der Waals surface area contributed by atoms with E-state index in [9.17, 15) is 9.90 Å². The molecule has 1 amide bonds. The molecule has 94 valence electrons. The highest BCUT2D eigenvalue weighted by Gasteiger charge is 2.24. The number of carbonyl (C=O) groups excluding carboxylic acids is 1. The van der Waals surface area contributed by atoms with E-state index in [0.717, 1.165) is 31.4 Å². The van der Waals surface area contributed by atoms with Crippen LogP contribution < -0.4 is 5.32 Å². The van der Waals surface area contributed by atoms with Crippen LogP contribution in [-0.2, 0) is 9.53 Å². The second-order valence-corrected chi connectivity index (χ2v) is 5.18. The summed E-state index contributed by atoms with van der Waals surface area (Å²) < 4.78 is 4.90. The van der Waals surface area contributed by atoms with Crippen LogP contribution in [0, 0.1) is 0 Å². The Morgan fingerprint density at radius 3 is 2.94 bits per heavy atom. The molecule has 2 unspecified atom stereocenters. The van der Waals surface area contributed by atoms with Gasteiger partial charge in [-0.1, -0.05) is 12.8 Å². The minimum atomic E-state index is -0.360. The van der Waals surface area contributed by atoms with E-state index in [1.54, 1.807) is 18.9 Å². The summed E-state index contributed by atoms with van der Waals surface area (Å²) in [6.45, 7) is 0.671. The van der Waals surface area contributed by atoms with E-state index in [1.165, 1.54) is 0 Å². The third-order valence-corrected chi connectivity index (χ3v) is 3.66. The number of carbonyl (C=O) groups is 1. The van der Waals surface area contributed by atoms with Gasteiger partial charge in [0, 0.05) is 12.9 Å². The number of nitrogens with one attached hydrogen (secondary N) is 1. The smallest absolute Gasteiger partial charge is 0.230 e.